The van der Waals surface area contributed by atoms with Crippen molar-refractivity contribution in [2.45, 2.75) is 6.04 Å². The molecule has 0 N–H and O–H groups in total. The molecule has 0 saturated carbocycles. The van der Waals surface area contributed by atoms with Crippen molar-refractivity contribution in [1.82, 2.24) is 14.8 Å². The Bertz CT molecular complexity index is 949. The Balaban J connectivity index is 1.36. The van der Waals surface area contributed by atoms with Gasteiger partial charge in [-0.2, -0.15) is 0 Å². The minimum absolute atomic E-state index is 0.143. The third kappa shape index (κ3) is 5.16. The maximum absolute atomic E-state index is 12.6. The van der Waals surface area contributed by atoms with Crippen LogP contribution in [0.1, 0.15) is 27.5 Å². The maximum atomic E-state index is 12.6. The molecule has 6 nitrogen and oxygen atoms in total. The van der Waals surface area contributed by atoms with E-state index >= 15 is 0 Å². The molecule has 1 fully saturated rings. The molecule has 2 heterocycles. The van der Waals surface area contributed by atoms with E-state index in [4.69, 9.17) is 4.74 Å². The lowest BCUT2D eigenvalue weighted by molar-refractivity contribution is -0.136. The molecule has 1 amide bonds. The van der Waals surface area contributed by atoms with E-state index < -0.39 is 5.97 Å². The molecule has 0 spiro atoms. The van der Waals surface area contributed by atoms with Gasteiger partial charge in [0.1, 0.15) is 0 Å². The standard InChI is InChI=1S/C25H25N3O3/c29-23(19-31-25(30)22-11-13-26-14-12-22)27-15-17-28(18-16-27)24(20-7-3-1-4-8-20)21-9-5-2-6-10-21/h1-14,24H,15-19H2. The number of aromatic nitrogens is 1. The van der Waals surface area contributed by atoms with Gasteiger partial charge in [-0.25, -0.2) is 4.79 Å². The average Bonchev–Trinajstić information content (AvgIpc) is 2.85. The van der Waals surface area contributed by atoms with E-state index in [2.05, 4.69) is 58.4 Å². The van der Waals surface area contributed by atoms with Crippen LogP contribution in [0.5, 0.6) is 0 Å². The highest BCUT2D eigenvalue weighted by molar-refractivity contribution is 5.91. The third-order valence-electron chi connectivity index (χ3n) is 5.51. The van der Waals surface area contributed by atoms with Crippen LogP contribution in [0.4, 0.5) is 0 Å². The van der Waals surface area contributed by atoms with Gasteiger partial charge in [0, 0.05) is 38.6 Å². The molecule has 1 aromatic heterocycles. The van der Waals surface area contributed by atoms with Crippen molar-refractivity contribution in [2.24, 2.45) is 0 Å². The summed E-state index contributed by atoms with van der Waals surface area (Å²) in [4.78, 5) is 32.7. The van der Waals surface area contributed by atoms with E-state index in [1.807, 2.05) is 12.1 Å². The average molecular weight is 415 g/mol. The zero-order valence-corrected chi connectivity index (χ0v) is 17.3. The Morgan fingerprint density at radius 1 is 0.806 bits per heavy atom. The number of hydrogen-bond acceptors (Lipinski definition) is 5. The van der Waals surface area contributed by atoms with Crippen LogP contribution >= 0.6 is 0 Å². The first kappa shape index (κ1) is 20.8. The highest BCUT2D eigenvalue weighted by Gasteiger charge is 2.28. The monoisotopic (exact) mass is 415 g/mol. The number of ether oxygens (including phenoxy) is 1. The molecule has 1 aliphatic heterocycles. The van der Waals surface area contributed by atoms with Crippen LogP contribution in [0.3, 0.4) is 0 Å². The number of piperazine rings is 1. The first-order chi connectivity index (χ1) is 15.2. The van der Waals surface area contributed by atoms with Crippen molar-refractivity contribution in [1.29, 1.82) is 0 Å². The van der Waals surface area contributed by atoms with Crippen LogP contribution in [0.2, 0.25) is 0 Å². The van der Waals surface area contributed by atoms with Crippen LogP contribution in [0, 0.1) is 0 Å². The number of pyridine rings is 1. The number of nitrogens with zero attached hydrogens (tertiary/aromatic N) is 3. The molecular formula is C25H25N3O3. The Labute approximate surface area is 182 Å². The summed E-state index contributed by atoms with van der Waals surface area (Å²) in [6.45, 7) is 2.45. The lowest BCUT2D eigenvalue weighted by atomic mass is 9.96. The maximum Gasteiger partial charge on any atom is 0.338 e. The van der Waals surface area contributed by atoms with Crippen LogP contribution in [0.25, 0.3) is 0 Å². The van der Waals surface area contributed by atoms with Gasteiger partial charge < -0.3 is 9.64 Å². The Morgan fingerprint density at radius 3 is 1.90 bits per heavy atom. The summed E-state index contributed by atoms with van der Waals surface area (Å²) >= 11 is 0. The second-order valence-corrected chi connectivity index (χ2v) is 7.45. The highest BCUT2D eigenvalue weighted by Crippen LogP contribution is 2.29. The zero-order chi connectivity index (χ0) is 21.5. The number of carbonyl (C=O) groups is 2. The van der Waals surface area contributed by atoms with E-state index in [0.717, 1.165) is 13.1 Å². The molecule has 158 valence electrons. The van der Waals surface area contributed by atoms with Gasteiger partial charge in [-0.15, -0.1) is 0 Å². The van der Waals surface area contributed by atoms with Crippen molar-refractivity contribution in [2.75, 3.05) is 32.8 Å². The Kier molecular flexibility index (Phi) is 6.69. The molecule has 0 atom stereocenters. The summed E-state index contributed by atoms with van der Waals surface area (Å²) in [5.41, 5.74) is 2.86. The van der Waals surface area contributed by atoms with E-state index in [-0.39, 0.29) is 18.6 Å². The second kappa shape index (κ2) is 10.00. The van der Waals surface area contributed by atoms with Gasteiger partial charge in [-0.05, 0) is 23.3 Å². The lowest BCUT2D eigenvalue weighted by Gasteiger charge is -2.39. The summed E-state index contributed by atoms with van der Waals surface area (Å²) in [6, 6.07) is 24.1. The van der Waals surface area contributed by atoms with Crippen molar-refractivity contribution in [3.05, 3.63) is 102 Å². The molecule has 6 heteroatoms. The second-order valence-electron chi connectivity index (χ2n) is 7.45. The van der Waals surface area contributed by atoms with E-state index in [1.165, 1.54) is 23.5 Å². The van der Waals surface area contributed by atoms with E-state index in [9.17, 15) is 9.59 Å². The number of benzene rings is 2. The summed E-state index contributed by atoms with van der Waals surface area (Å²) < 4.78 is 5.18. The predicted molar refractivity (Wildman–Crippen MR) is 117 cm³/mol. The van der Waals surface area contributed by atoms with Crippen LogP contribution in [-0.2, 0) is 9.53 Å². The van der Waals surface area contributed by atoms with Gasteiger partial charge in [0.15, 0.2) is 6.61 Å². The van der Waals surface area contributed by atoms with Crippen LogP contribution in [-0.4, -0.2) is 59.4 Å². The van der Waals surface area contributed by atoms with Crippen molar-refractivity contribution >= 4 is 11.9 Å². The molecule has 4 rings (SSSR count). The molecule has 1 aliphatic rings. The fourth-order valence-electron chi connectivity index (χ4n) is 3.90. The van der Waals surface area contributed by atoms with Gasteiger partial charge in [0.05, 0.1) is 11.6 Å². The number of esters is 1. The summed E-state index contributed by atoms with van der Waals surface area (Å²) in [6.07, 6.45) is 3.04. The topological polar surface area (TPSA) is 62.7 Å². The number of carbonyl (C=O) groups excluding carboxylic acids is 2. The quantitative estimate of drug-likeness (QED) is 0.579. The van der Waals surface area contributed by atoms with Crippen molar-refractivity contribution in [3.8, 4) is 0 Å². The lowest BCUT2D eigenvalue weighted by Crippen LogP contribution is -2.50. The predicted octanol–water partition coefficient (Wildman–Crippen LogP) is 3.17. The molecule has 0 unspecified atom stereocenters. The Hall–Kier alpha value is -3.51. The first-order valence-electron chi connectivity index (χ1n) is 10.4. The van der Waals surface area contributed by atoms with Crippen LogP contribution < -0.4 is 0 Å². The number of hydrogen-bond donors (Lipinski definition) is 0. The minimum atomic E-state index is -0.511. The Morgan fingerprint density at radius 2 is 1.35 bits per heavy atom. The molecule has 0 bridgehead atoms. The highest BCUT2D eigenvalue weighted by atomic mass is 16.5. The molecule has 0 radical (unpaired) electrons. The molecule has 1 saturated heterocycles. The molecule has 3 aromatic rings. The molecular weight excluding hydrogens is 390 g/mol. The first-order valence-corrected chi connectivity index (χ1v) is 10.4. The largest absolute Gasteiger partial charge is 0.452 e. The van der Waals surface area contributed by atoms with Gasteiger partial charge in [-0.1, -0.05) is 60.7 Å². The van der Waals surface area contributed by atoms with E-state index in [0.29, 0.717) is 18.7 Å². The normalized spacial score (nSPS) is 14.4. The van der Waals surface area contributed by atoms with Gasteiger partial charge in [0.2, 0.25) is 0 Å². The summed E-state index contributed by atoms with van der Waals surface area (Å²) in [7, 11) is 0. The van der Waals surface area contributed by atoms with Gasteiger partial charge in [-0.3, -0.25) is 14.7 Å². The SMILES string of the molecule is O=C(OCC(=O)N1CCN(C(c2ccccc2)c2ccccc2)CC1)c1ccncc1. The molecule has 2 aromatic carbocycles. The fraction of sp³-hybridized carbons (Fsp3) is 0.240. The number of amides is 1. The zero-order valence-electron chi connectivity index (χ0n) is 17.3. The third-order valence-corrected chi connectivity index (χ3v) is 5.51. The fourth-order valence-corrected chi connectivity index (χ4v) is 3.90. The smallest absolute Gasteiger partial charge is 0.338 e. The minimum Gasteiger partial charge on any atom is -0.452 e. The van der Waals surface area contributed by atoms with Gasteiger partial charge >= 0.3 is 5.97 Å². The molecule has 31 heavy (non-hydrogen) atoms. The number of rotatable bonds is 6. The van der Waals surface area contributed by atoms with Crippen molar-refractivity contribution in [3.63, 3.8) is 0 Å². The summed E-state index contributed by atoms with van der Waals surface area (Å²) in [5.74, 6) is -0.680. The van der Waals surface area contributed by atoms with E-state index in [1.54, 1.807) is 17.0 Å². The van der Waals surface area contributed by atoms with Gasteiger partial charge in [0.25, 0.3) is 5.91 Å². The van der Waals surface area contributed by atoms with Crippen LogP contribution in [0.15, 0.2) is 85.2 Å². The summed E-state index contributed by atoms with van der Waals surface area (Å²) in [5, 5.41) is 0. The van der Waals surface area contributed by atoms with Crippen molar-refractivity contribution < 1.29 is 14.3 Å². The molecule has 0 aliphatic carbocycles.